The van der Waals surface area contributed by atoms with Gasteiger partial charge in [0.05, 0.1) is 11.1 Å². The van der Waals surface area contributed by atoms with Gasteiger partial charge in [0.1, 0.15) is 0 Å². The Labute approximate surface area is 99.1 Å². The summed E-state index contributed by atoms with van der Waals surface area (Å²) in [4.78, 5) is 21.9. The SMILES string of the molecule is O=C1NC(=O)c2ccccc21.[CaH2]. The van der Waals surface area contributed by atoms with Gasteiger partial charge in [-0.05, 0) is 12.1 Å². The molecule has 4 heteroatoms. The Kier molecular flexibility index (Phi) is 2.88. The molecule has 0 aromatic heterocycles. The van der Waals surface area contributed by atoms with Gasteiger partial charge in [-0.1, -0.05) is 12.1 Å². The van der Waals surface area contributed by atoms with E-state index in [1.807, 2.05) is 0 Å². The molecule has 0 radical (unpaired) electrons. The van der Waals surface area contributed by atoms with Crippen molar-refractivity contribution in [2.75, 3.05) is 0 Å². The molecule has 0 atom stereocenters. The summed E-state index contributed by atoms with van der Waals surface area (Å²) in [7, 11) is 0. The van der Waals surface area contributed by atoms with Crippen molar-refractivity contribution >= 4 is 49.6 Å². The van der Waals surface area contributed by atoms with Gasteiger partial charge in [0.25, 0.3) is 11.8 Å². The van der Waals surface area contributed by atoms with E-state index in [4.69, 9.17) is 0 Å². The Hall–Kier alpha value is -0.380. The van der Waals surface area contributed by atoms with Crippen molar-refractivity contribution in [1.82, 2.24) is 5.32 Å². The monoisotopic (exact) mass is 189 g/mol. The normalized spacial score (nSPS) is 13.3. The van der Waals surface area contributed by atoms with E-state index in [-0.39, 0.29) is 49.6 Å². The zero-order valence-electron chi connectivity index (χ0n) is 5.63. The van der Waals surface area contributed by atoms with Crippen LogP contribution in [0.4, 0.5) is 0 Å². The minimum absolute atomic E-state index is 0. The predicted molar refractivity (Wildman–Crippen MR) is 46.8 cm³/mol. The molecular formula is C8H7CaNO2. The number of benzene rings is 1. The second-order valence-corrected chi connectivity index (χ2v) is 2.33. The van der Waals surface area contributed by atoms with Crippen LogP contribution in [-0.2, 0) is 0 Å². The third kappa shape index (κ3) is 1.40. The molecule has 0 bridgehead atoms. The maximum atomic E-state index is 10.9. The number of nitrogens with one attached hydrogen (secondary N) is 1. The van der Waals surface area contributed by atoms with Crippen molar-refractivity contribution in [2.24, 2.45) is 0 Å². The van der Waals surface area contributed by atoms with Crippen LogP contribution in [0.2, 0.25) is 0 Å². The van der Waals surface area contributed by atoms with E-state index < -0.39 is 0 Å². The van der Waals surface area contributed by atoms with E-state index in [0.29, 0.717) is 11.1 Å². The van der Waals surface area contributed by atoms with Crippen LogP contribution in [0.15, 0.2) is 24.3 Å². The molecule has 2 amide bonds. The van der Waals surface area contributed by atoms with Crippen molar-refractivity contribution in [3.05, 3.63) is 35.4 Å². The van der Waals surface area contributed by atoms with Crippen LogP contribution in [-0.4, -0.2) is 49.6 Å². The molecule has 0 fully saturated rings. The zero-order valence-corrected chi connectivity index (χ0v) is 5.63. The summed E-state index contributed by atoms with van der Waals surface area (Å²) in [6, 6.07) is 6.74. The second-order valence-electron chi connectivity index (χ2n) is 2.33. The molecule has 2 rings (SSSR count). The molecule has 3 nitrogen and oxygen atoms in total. The molecule has 0 saturated carbocycles. The van der Waals surface area contributed by atoms with Crippen molar-refractivity contribution in [3.63, 3.8) is 0 Å². The Bertz CT molecular complexity index is 316. The van der Waals surface area contributed by atoms with Gasteiger partial charge in [-0.3, -0.25) is 14.9 Å². The molecule has 12 heavy (non-hydrogen) atoms. The molecule has 0 spiro atoms. The molecular weight excluding hydrogens is 182 g/mol. The van der Waals surface area contributed by atoms with Gasteiger partial charge < -0.3 is 0 Å². The molecule has 1 heterocycles. The number of carbonyl (C=O) groups excluding carboxylic acids is 2. The van der Waals surface area contributed by atoms with Crippen LogP contribution < -0.4 is 5.32 Å². The van der Waals surface area contributed by atoms with Crippen LogP contribution in [0.5, 0.6) is 0 Å². The zero-order chi connectivity index (χ0) is 7.84. The molecule has 1 N–H and O–H groups in total. The van der Waals surface area contributed by atoms with Crippen LogP contribution in [0.1, 0.15) is 20.7 Å². The fraction of sp³-hybridized carbons (Fsp3) is 0. The summed E-state index contributed by atoms with van der Waals surface area (Å²) in [5, 5.41) is 2.20. The van der Waals surface area contributed by atoms with Crippen molar-refractivity contribution in [1.29, 1.82) is 0 Å². The van der Waals surface area contributed by atoms with Gasteiger partial charge in [-0.25, -0.2) is 0 Å². The third-order valence-electron chi connectivity index (χ3n) is 1.64. The number of fused-ring (bicyclic) bond motifs is 1. The topological polar surface area (TPSA) is 46.2 Å². The van der Waals surface area contributed by atoms with E-state index in [9.17, 15) is 9.59 Å². The molecule has 1 aromatic carbocycles. The van der Waals surface area contributed by atoms with Gasteiger partial charge in [-0.2, -0.15) is 0 Å². The van der Waals surface area contributed by atoms with E-state index in [1.54, 1.807) is 24.3 Å². The molecule has 1 aliphatic rings. The van der Waals surface area contributed by atoms with Gasteiger partial charge in [0, 0.05) is 0 Å². The summed E-state index contributed by atoms with van der Waals surface area (Å²) >= 11 is 0. The van der Waals surface area contributed by atoms with Crippen LogP contribution in [0.25, 0.3) is 0 Å². The second kappa shape index (κ2) is 3.56. The summed E-state index contributed by atoms with van der Waals surface area (Å²) in [6.45, 7) is 0. The quantitative estimate of drug-likeness (QED) is 0.448. The number of hydrogen-bond acceptors (Lipinski definition) is 2. The van der Waals surface area contributed by atoms with Crippen molar-refractivity contribution in [3.8, 4) is 0 Å². The first-order chi connectivity index (χ1) is 5.29. The fourth-order valence-electron chi connectivity index (χ4n) is 1.12. The van der Waals surface area contributed by atoms with E-state index in [1.165, 1.54) is 0 Å². The molecule has 1 aromatic rings. The summed E-state index contributed by atoms with van der Waals surface area (Å²) in [5.41, 5.74) is 0.940. The first-order valence-electron chi connectivity index (χ1n) is 3.24. The average Bonchev–Trinajstić information content (AvgIpc) is 2.30. The van der Waals surface area contributed by atoms with Crippen LogP contribution >= 0.6 is 0 Å². The van der Waals surface area contributed by atoms with E-state index in [2.05, 4.69) is 5.32 Å². The number of amides is 2. The number of hydrogen-bond donors (Lipinski definition) is 1. The Morgan fingerprint density at radius 1 is 0.917 bits per heavy atom. The summed E-state index contributed by atoms with van der Waals surface area (Å²) in [6.07, 6.45) is 0. The Morgan fingerprint density at radius 2 is 1.33 bits per heavy atom. The molecule has 1 aliphatic heterocycles. The van der Waals surface area contributed by atoms with Crippen molar-refractivity contribution in [2.45, 2.75) is 0 Å². The van der Waals surface area contributed by atoms with E-state index >= 15 is 0 Å². The molecule has 0 unspecified atom stereocenters. The van der Waals surface area contributed by atoms with Gasteiger partial charge in [-0.15, -0.1) is 0 Å². The van der Waals surface area contributed by atoms with Crippen molar-refractivity contribution < 1.29 is 9.59 Å². The Morgan fingerprint density at radius 3 is 1.75 bits per heavy atom. The van der Waals surface area contributed by atoms with Gasteiger partial charge in [0.15, 0.2) is 0 Å². The van der Waals surface area contributed by atoms with Crippen LogP contribution in [0.3, 0.4) is 0 Å². The maximum absolute atomic E-state index is 10.9. The first kappa shape index (κ1) is 9.71. The average molecular weight is 189 g/mol. The summed E-state index contributed by atoms with van der Waals surface area (Å²) in [5.74, 6) is -0.601. The third-order valence-corrected chi connectivity index (χ3v) is 1.64. The van der Waals surface area contributed by atoms with Crippen LogP contribution in [0, 0.1) is 0 Å². The molecule has 0 aliphatic carbocycles. The summed E-state index contributed by atoms with van der Waals surface area (Å²) < 4.78 is 0. The van der Waals surface area contributed by atoms with Gasteiger partial charge >= 0.3 is 37.7 Å². The van der Waals surface area contributed by atoms with E-state index in [0.717, 1.165) is 0 Å². The number of rotatable bonds is 0. The minimum atomic E-state index is -0.300. The molecule has 58 valence electrons. The van der Waals surface area contributed by atoms with Gasteiger partial charge in [0.2, 0.25) is 0 Å². The standard InChI is InChI=1S/C8H5NO2.Ca.2H/c10-7-5-3-1-2-4-6(5)8(11)9-7;;;/h1-4H,(H,9,10,11);;;. The predicted octanol–water partition coefficient (Wildman–Crippen LogP) is -0.346. The fourth-order valence-corrected chi connectivity index (χ4v) is 1.12. The number of carbonyl (C=O) groups is 2. The first-order valence-corrected chi connectivity index (χ1v) is 3.24. The number of imide groups is 1. The Balaban J connectivity index is 0.000000720. The molecule has 0 saturated heterocycles.